The zero-order chi connectivity index (χ0) is 21.7. The summed E-state index contributed by atoms with van der Waals surface area (Å²) < 4.78 is 25.3. The highest BCUT2D eigenvalue weighted by molar-refractivity contribution is 7.92. The van der Waals surface area contributed by atoms with Gasteiger partial charge in [-0.3, -0.25) is 19.6 Å². The van der Waals surface area contributed by atoms with Crippen molar-refractivity contribution in [2.75, 3.05) is 21.6 Å². The van der Waals surface area contributed by atoms with Crippen LogP contribution in [0.3, 0.4) is 0 Å². The molecule has 0 bridgehead atoms. The van der Waals surface area contributed by atoms with E-state index in [0.29, 0.717) is 27.8 Å². The summed E-state index contributed by atoms with van der Waals surface area (Å²) in [7, 11) is -3.43. The molecule has 2 aromatic carbocycles. The average Bonchev–Trinajstić information content (AvgIpc) is 3.10. The standard InChI is InChI=1S/C20H20N4O4S2/c1-13-8-9-15(10-17(13)24-30(2,27)28)21-18(25)11-16-12-29-20(22-16)23-19(26)14-6-4-3-5-7-14/h3-10,12,24H,11H2,1-2H3,(H,21,25)(H,22,23,26). The van der Waals surface area contributed by atoms with E-state index in [9.17, 15) is 18.0 Å². The molecule has 3 N–H and O–H groups in total. The van der Waals surface area contributed by atoms with E-state index in [4.69, 9.17) is 0 Å². The lowest BCUT2D eigenvalue weighted by molar-refractivity contribution is -0.115. The Balaban J connectivity index is 1.61. The molecule has 0 aliphatic heterocycles. The Labute approximate surface area is 178 Å². The quantitative estimate of drug-likeness (QED) is 0.517. The molecule has 156 valence electrons. The minimum Gasteiger partial charge on any atom is -0.326 e. The molecule has 0 saturated carbocycles. The van der Waals surface area contributed by atoms with E-state index >= 15 is 0 Å². The Kier molecular flexibility index (Phi) is 6.48. The Morgan fingerprint density at radius 2 is 1.80 bits per heavy atom. The van der Waals surface area contributed by atoms with Crippen LogP contribution in [0, 0.1) is 6.92 Å². The first-order valence-corrected chi connectivity index (χ1v) is 11.7. The van der Waals surface area contributed by atoms with E-state index in [1.165, 1.54) is 11.3 Å². The number of anilines is 3. The van der Waals surface area contributed by atoms with Crippen LogP contribution in [0.5, 0.6) is 0 Å². The molecule has 3 aromatic rings. The van der Waals surface area contributed by atoms with Gasteiger partial charge in [0, 0.05) is 16.6 Å². The van der Waals surface area contributed by atoms with Crippen LogP contribution in [0.15, 0.2) is 53.9 Å². The number of nitrogens with one attached hydrogen (secondary N) is 3. The second-order valence-corrected chi connectivity index (χ2v) is 9.20. The zero-order valence-corrected chi connectivity index (χ0v) is 17.9. The van der Waals surface area contributed by atoms with E-state index in [2.05, 4.69) is 20.3 Å². The monoisotopic (exact) mass is 444 g/mol. The highest BCUT2D eigenvalue weighted by Crippen LogP contribution is 2.22. The fourth-order valence-electron chi connectivity index (χ4n) is 2.58. The summed E-state index contributed by atoms with van der Waals surface area (Å²) in [4.78, 5) is 28.8. The lowest BCUT2D eigenvalue weighted by Gasteiger charge is -2.11. The number of hydrogen-bond donors (Lipinski definition) is 3. The van der Waals surface area contributed by atoms with Crippen LogP contribution in [0.2, 0.25) is 0 Å². The summed E-state index contributed by atoms with van der Waals surface area (Å²) in [5, 5.41) is 7.54. The van der Waals surface area contributed by atoms with Gasteiger partial charge in [0.25, 0.3) is 5.91 Å². The van der Waals surface area contributed by atoms with Crippen molar-refractivity contribution in [2.45, 2.75) is 13.3 Å². The molecule has 0 fully saturated rings. The molecule has 1 heterocycles. The fourth-order valence-corrected chi connectivity index (χ4v) is 3.91. The summed E-state index contributed by atoms with van der Waals surface area (Å²) in [6, 6.07) is 13.7. The van der Waals surface area contributed by atoms with Gasteiger partial charge in [0.05, 0.1) is 24.1 Å². The van der Waals surface area contributed by atoms with Crippen LogP contribution >= 0.6 is 11.3 Å². The van der Waals surface area contributed by atoms with Crippen molar-refractivity contribution in [1.82, 2.24) is 4.98 Å². The van der Waals surface area contributed by atoms with Crippen molar-refractivity contribution >= 4 is 49.7 Å². The summed E-state index contributed by atoms with van der Waals surface area (Å²) in [6.45, 7) is 1.76. The number of amides is 2. The van der Waals surface area contributed by atoms with Gasteiger partial charge in [-0.1, -0.05) is 24.3 Å². The van der Waals surface area contributed by atoms with Gasteiger partial charge in [-0.2, -0.15) is 0 Å². The Morgan fingerprint density at radius 3 is 2.50 bits per heavy atom. The van der Waals surface area contributed by atoms with Crippen LogP contribution in [0.25, 0.3) is 0 Å². The third-order valence-electron chi connectivity index (χ3n) is 3.97. The number of aryl methyl sites for hydroxylation is 1. The maximum absolute atomic E-state index is 12.3. The highest BCUT2D eigenvalue weighted by atomic mass is 32.2. The maximum atomic E-state index is 12.3. The average molecular weight is 445 g/mol. The van der Waals surface area contributed by atoms with Crippen LogP contribution in [0.1, 0.15) is 21.6 Å². The molecule has 0 aliphatic carbocycles. The van der Waals surface area contributed by atoms with Crippen molar-refractivity contribution in [3.05, 3.63) is 70.7 Å². The number of nitrogens with zero attached hydrogens (tertiary/aromatic N) is 1. The second kappa shape index (κ2) is 9.06. The summed E-state index contributed by atoms with van der Waals surface area (Å²) >= 11 is 1.23. The van der Waals surface area contributed by atoms with Gasteiger partial charge in [-0.15, -0.1) is 11.3 Å². The predicted octanol–water partition coefficient (Wildman–Crippen LogP) is 3.26. The number of sulfonamides is 1. The molecular formula is C20H20N4O4S2. The van der Waals surface area contributed by atoms with Gasteiger partial charge in [-0.05, 0) is 36.8 Å². The normalized spacial score (nSPS) is 11.0. The number of thiazole rings is 1. The lowest BCUT2D eigenvalue weighted by atomic mass is 10.2. The second-order valence-electron chi connectivity index (χ2n) is 6.59. The molecule has 30 heavy (non-hydrogen) atoms. The first-order valence-electron chi connectivity index (χ1n) is 8.89. The summed E-state index contributed by atoms with van der Waals surface area (Å²) in [5.41, 5.74) is 2.63. The Bertz CT molecular complexity index is 1170. The van der Waals surface area contributed by atoms with Crippen molar-refractivity contribution < 1.29 is 18.0 Å². The number of benzene rings is 2. The van der Waals surface area contributed by atoms with Crippen LogP contribution in [-0.4, -0.2) is 31.5 Å². The summed E-state index contributed by atoms with van der Waals surface area (Å²) in [5.74, 6) is -0.582. The van der Waals surface area contributed by atoms with Gasteiger partial charge >= 0.3 is 0 Å². The van der Waals surface area contributed by atoms with E-state index in [1.807, 2.05) is 6.07 Å². The molecule has 0 saturated heterocycles. The highest BCUT2D eigenvalue weighted by Gasteiger charge is 2.12. The first kappa shape index (κ1) is 21.5. The molecule has 8 nitrogen and oxygen atoms in total. The van der Waals surface area contributed by atoms with Gasteiger partial charge in [0.2, 0.25) is 15.9 Å². The molecule has 0 unspecified atom stereocenters. The molecule has 1 aromatic heterocycles. The molecule has 0 atom stereocenters. The molecule has 0 radical (unpaired) electrons. The number of carbonyl (C=O) groups is 2. The molecule has 2 amide bonds. The third-order valence-corrected chi connectivity index (χ3v) is 5.36. The van der Waals surface area contributed by atoms with E-state index in [0.717, 1.165) is 11.8 Å². The minimum atomic E-state index is -3.43. The third kappa shape index (κ3) is 6.13. The van der Waals surface area contributed by atoms with E-state index in [1.54, 1.807) is 54.8 Å². The Morgan fingerprint density at radius 1 is 1.07 bits per heavy atom. The van der Waals surface area contributed by atoms with E-state index < -0.39 is 10.0 Å². The van der Waals surface area contributed by atoms with Crippen LogP contribution < -0.4 is 15.4 Å². The fraction of sp³-hybridized carbons (Fsp3) is 0.150. The number of aromatic nitrogens is 1. The van der Waals surface area contributed by atoms with Gasteiger partial charge in [0.15, 0.2) is 5.13 Å². The molecule has 0 spiro atoms. The topological polar surface area (TPSA) is 117 Å². The maximum Gasteiger partial charge on any atom is 0.257 e. The lowest BCUT2D eigenvalue weighted by Crippen LogP contribution is -2.16. The zero-order valence-electron chi connectivity index (χ0n) is 16.3. The first-order chi connectivity index (χ1) is 14.2. The van der Waals surface area contributed by atoms with Crippen molar-refractivity contribution in [3.8, 4) is 0 Å². The Hall–Kier alpha value is -3.24. The SMILES string of the molecule is Cc1ccc(NC(=O)Cc2csc(NC(=O)c3ccccc3)n2)cc1NS(C)(=O)=O. The number of rotatable bonds is 7. The number of hydrogen-bond acceptors (Lipinski definition) is 6. The summed E-state index contributed by atoms with van der Waals surface area (Å²) in [6.07, 6.45) is 1.08. The van der Waals surface area contributed by atoms with Crippen molar-refractivity contribution in [3.63, 3.8) is 0 Å². The largest absolute Gasteiger partial charge is 0.326 e. The molecule has 3 rings (SSSR count). The van der Waals surface area contributed by atoms with Gasteiger partial charge < -0.3 is 5.32 Å². The van der Waals surface area contributed by atoms with Gasteiger partial charge in [0.1, 0.15) is 0 Å². The number of carbonyl (C=O) groups excluding carboxylic acids is 2. The molecule has 10 heteroatoms. The molecule has 0 aliphatic rings. The van der Waals surface area contributed by atoms with Crippen molar-refractivity contribution in [1.29, 1.82) is 0 Å². The van der Waals surface area contributed by atoms with E-state index in [-0.39, 0.29) is 18.2 Å². The van der Waals surface area contributed by atoms with Crippen LogP contribution in [-0.2, 0) is 21.2 Å². The van der Waals surface area contributed by atoms with Gasteiger partial charge in [-0.25, -0.2) is 13.4 Å². The molecular weight excluding hydrogens is 424 g/mol. The minimum absolute atomic E-state index is 0.0143. The van der Waals surface area contributed by atoms with Crippen LogP contribution in [0.4, 0.5) is 16.5 Å². The predicted molar refractivity (Wildman–Crippen MR) is 118 cm³/mol. The smallest absolute Gasteiger partial charge is 0.257 e. The van der Waals surface area contributed by atoms with Crippen molar-refractivity contribution in [2.24, 2.45) is 0 Å².